The zero-order chi connectivity index (χ0) is 15.0. The molecule has 0 radical (unpaired) electrons. The summed E-state index contributed by atoms with van der Waals surface area (Å²) in [7, 11) is 0. The molecular formula is C15H25N3O2. The molecule has 2 N–H and O–H groups in total. The number of anilines is 1. The van der Waals surface area contributed by atoms with Crippen molar-refractivity contribution in [3.05, 3.63) is 23.9 Å². The first kappa shape index (κ1) is 16.4. The third-order valence-electron chi connectivity index (χ3n) is 2.80. The summed E-state index contributed by atoms with van der Waals surface area (Å²) in [5.74, 6) is 0.491. The number of carbonyl (C=O) groups is 1. The van der Waals surface area contributed by atoms with Crippen LogP contribution in [0, 0.1) is 0 Å². The summed E-state index contributed by atoms with van der Waals surface area (Å²) in [6.07, 6.45) is 2.66. The van der Waals surface area contributed by atoms with Crippen LogP contribution in [-0.4, -0.2) is 36.2 Å². The molecule has 1 heterocycles. The topological polar surface area (TPSA) is 63.2 Å². The first-order valence-electron chi connectivity index (χ1n) is 7.11. The van der Waals surface area contributed by atoms with Gasteiger partial charge in [-0.15, -0.1) is 0 Å². The van der Waals surface area contributed by atoms with Crippen molar-refractivity contribution in [3.8, 4) is 0 Å². The fourth-order valence-corrected chi connectivity index (χ4v) is 1.80. The lowest BCUT2D eigenvalue weighted by Gasteiger charge is -2.25. The Morgan fingerprint density at radius 2 is 2.15 bits per heavy atom. The molecule has 0 saturated heterocycles. The average molecular weight is 279 g/mol. The Balaban J connectivity index is 2.67. The molecule has 1 amide bonds. The van der Waals surface area contributed by atoms with Gasteiger partial charge in [0.1, 0.15) is 5.82 Å². The van der Waals surface area contributed by atoms with E-state index in [2.05, 4.69) is 22.5 Å². The highest BCUT2D eigenvalue weighted by molar-refractivity contribution is 5.98. The van der Waals surface area contributed by atoms with Crippen LogP contribution in [0.15, 0.2) is 18.3 Å². The average Bonchev–Trinajstić information content (AvgIpc) is 2.43. The smallest absolute Gasteiger partial charge is 0.255 e. The molecule has 5 heteroatoms. The van der Waals surface area contributed by atoms with E-state index < -0.39 is 0 Å². The number of hydrogen-bond donors (Lipinski definition) is 2. The van der Waals surface area contributed by atoms with Crippen molar-refractivity contribution in [3.63, 3.8) is 0 Å². The first-order chi connectivity index (χ1) is 9.50. The van der Waals surface area contributed by atoms with E-state index in [1.807, 2.05) is 20.8 Å². The molecule has 0 saturated carbocycles. The number of ether oxygens (including phenoxy) is 1. The molecule has 1 aromatic rings. The van der Waals surface area contributed by atoms with Gasteiger partial charge in [-0.05, 0) is 39.3 Å². The fraction of sp³-hybridized carbons (Fsp3) is 0.600. The minimum Gasteiger partial charge on any atom is -0.374 e. The van der Waals surface area contributed by atoms with Crippen molar-refractivity contribution < 1.29 is 9.53 Å². The Labute approximate surface area is 121 Å². The Hall–Kier alpha value is -1.62. The number of nitrogens with zero attached hydrogens (tertiary/aromatic N) is 1. The van der Waals surface area contributed by atoms with Crippen molar-refractivity contribution in [1.82, 2.24) is 10.3 Å². The Kier molecular flexibility index (Phi) is 6.45. The molecule has 0 aliphatic rings. The van der Waals surface area contributed by atoms with Crippen LogP contribution in [-0.2, 0) is 4.74 Å². The van der Waals surface area contributed by atoms with Crippen molar-refractivity contribution >= 4 is 11.7 Å². The normalized spacial score (nSPS) is 11.2. The van der Waals surface area contributed by atoms with Gasteiger partial charge in [0, 0.05) is 25.9 Å². The van der Waals surface area contributed by atoms with Gasteiger partial charge in [0.25, 0.3) is 5.91 Å². The molecule has 0 aromatic carbocycles. The molecule has 0 bridgehead atoms. The summed E-state index contributed by atoms with van der Waals surface area (Å²) >= 11 is 0. The van der Waals surface area contributed by atoms with E-state index in [1.165, 1.54) is 0 Å². The second-order valence-electron chi connectivity index (χ2n) is 5.20. The third-order valence-corrected chi connectivity index (χ3v) is 2.80. The second-order valence-corrected chi connectivity index (χ2v) is 5.20. The van der Waals surface area contributed by atoms with E-state index in [-0.39, 0.29) is 11.5 Å². The van der Waals surface area contributed by atoms with Crippen LogP contribution in [0.4, 0.5) is 5.82 Å². The van der Waals surface area contributed by atoms with Crippen LogP contribution in [0.2, 0.25) is 0 Å². The van der Waals surface area contributed by atoms with Gasteiger partial charge < -0.3 is 15.4 Å². The van der Waals surface area contributed by atoms with Gasteiger partial charge in [-0.25, -0.2) is 4.98 Å². The first-order valence-corrected chi connectivity index (χ1v) is 7.11. The Morgan fingerprint density at radius 1 is 1.40 bits per heavy atom. The summed E-state index contributed by atoms with van der Waals surface area (Å²) in [6.45, 7) is 9.80. The third kappa shape index (κ3) is 5.17. The number of hydrogen-bond acceptors (Lipinski definition) is 4. The van der Waals surface area contributed by atoms with Crippen LogP contribution in [0.25, 0.3) is 0 Å². The summed E-state index contributed by atoms with van der Waals surface area (Å²) in [5, 5.41) is 6.06. The Bertz CT molecular complexity index is 433. The number of nitrogens with one attached hydrogen (secondary N) is 2. The van der Waals surface area contributed by atoms with Crippen LogP contribution in [0.1, 0.15) is 44.5 Å². The predicted molar refractivity (Wildman–Crippen MR) is 81.1 cm³/mol. The predicted octanol–water partition coefficient (Wildman–Crippen LogP) is 2.45. The molecule has 0 spiro atoms. The maximum Gasteiger partial charge on any atom is 0.255 e. The van der Waals surface area contributed by atoms with E-state index in [4.69, 9.17) is 4.74 Å². The fourth-order valence-electron chi connectivity index (χ4n) is 1.80. The van der Waals surface area contributed by atoms with Gasteiger partial charge in [-0.1, -0.05) is 6.92 Å². The molecule has 0 aliphatic heterocycles. The monoisotopic (exact) mass is 279 g/mol. The molecule has 0 fully saturated rings. The lowest BCUT2D eigenvalue weighted by atomic mass is 10.1. The lowest BCUT2D eigenvalue weighted by Crippen LogP contribution is -2.40. The highest BCUT2D eigenvalue weighted by Crippen LogP contribution is 2.12. The zero-order valence-corrected chi connectivity index (χ0v) is 12.8. The molecule has 1 rings (SSSR count). The maximum absolute atomic E-state index is 12.2. The number of carbonyl (C=O) groups excluding carboxylic acids is 1. The summed E-state index contributed by atoms with van der Waals surface area (Å²) < 4.78 is 5.56. The molecule has 1 aromatic heterocycles. The van der Waals surface area contributed by atoms with Crippen molar-refractivity contribution in [2.75, 3.05) is 25.0 Å². The maximum atomic E-state index is 12.2. The SMILES string of the molecule is CCCNc1ncccc1C(=O)NCC(C)(C)OCC. The van der Waals surface area contributed by atoms with Gasteiger partial charge in [0.15, 0.2) is 0 Å². The van der Waals surface area contributed by atoms with E-state index in [0.717, 1.165) is 13.0 Å². The quantitative estimate of drug-likeness (QED) is 0.767. The molecule has 0 unspecified atom stereocenters. The minimum absolute atomic E-state index is 0.135. The van der Waals surface area contributed by atoms with Crippen molar-refractivity contribution in [2.45, 2.75) is 39.7 Å². The number of rotatable bonds is 8. The van der Waals surface area contributed by atoms with Crippen LogP contribution >= 0.6 is 0 Å². The summed E-state index contributed by atoms with van der Waals surface area (Å²) in [5.41, 5.74) is 0.192. The number of amides is 1. The van der Waals surface area contributed by atoms with Crippen LogP contribution < -0.4 is 10.6 Å². The lowest BCUT2D eigenvalue weighted by molar-refractivity contribution is -0.00815. The highest BCUT2D eigenvalue weighted by Gasteiger charge is 2.20. The van der Waals surface area contributed by atoms with E-state index >= 15 is 0 Å². The van der Waals surface area contributed by atoms with E-state index in [9.17, 15) is 4.79 Å². The van der Waals surface area contributed by atoms with Gasteiger partial charge in [0.05, 0.1) is 11.2 Å². The van der Waals surface area contributed by atoms with Crippen molar-refractivity contribution in [1.29, 1.82) is 0 Å². The highest BCUT2D eigenvalue weighted by atomic mass is 16.5. The molecule has 0 aliphatic carbocycles. The van der Waals surface area contributed by atoms with Crippen LogP contribution in [0.3, 0.4) is 0 Å². The largest absolute Gasteiger partial charge is 0.374 e. The summed E-state index contributed by atoms with van der Waals surface area (Å²) in [6, 6.07) is 3.54. The number of aromatic nitrogens is 1. The molecule has 20 heavy (non-hydrogen) atoms. The van der Waals surface area contributed by atoms with Gasteiger partial charge in [0.2, 0.25) is 0 Å². The number of pyridine rings is 1. The standard InChI is InChI=1S/C15H25N3O2/c1-5-9-16-13-12(8-7-10-17-13)14(19)18-11-15(3,4)20-6-2/h7-8,10H,5-6,9,11H2,1-4H3,(H,16,17)(H,18,19). The zero-order valence-electron chi connectivity index (χ0n) is 12.8. The molecule has 112 valence electrons. The Morgan fingerprint density at radius 3 is 2.80 bits per heavy atom. The van der Waals surface area contributed by atoms with E-state index in [0.29, 0.717) is 24.5 Å². The van der Waals surface area contributed by atoms with E-state index in [1.54, 1.807) is 18.3 Å². The van der Waals surface area contributed by atoms with Gasteiger partial charge in [-0.2, -0.15) is 0 Å². The van der Waals surface area contributed by atoms with Crippen LogP contribution in [0.5, 0.6) is 0 Å². The second kappa shape index (κ2) is 7.85. The van der Waals surface area contributed by atoms with Gasteiger partial charge >= 0.3 is 0 Å². The van der Waals surface area contributed by atoms with Crippen molar-refractivity contribution in [2.24, 2.45) is 0 Å². The molecular weight excluding hydrogens is 254 g/mol. The molecule has 5 nitrogen and oxygen atoms in total. The summed E-state index contributed by atoms with van der Waals surface area (Å²) in [4.78, 5) is 16.4. The molecule has 0 atom stereocenters. The van der Waals surface area contributed by atoms with Gasteiger partial charge in [-0.3, -0.25) is 4.79 Å². The minimum atomic E-state index is -0.371.